The molecule has 2 aromatic rings. The first kappa shape index (κ1) is 17.4. The van der Waals surface area contributed by atoms with Crippen LogP contribution in [0, 0.1) is 17.6 Å². The van der Waals surface area contributed by atoms with Crippen molar-refractivity contribution in [3.8, 4) is 16.9 Å². The van der Waals surface area contributed by atoms with Gasteiger partial charge in [-0.05, 0) is 36.2 Å². The number of benzene rings is 2. The molecule has 1 aliphatic heterocycles. The minimum Gasteiger partial charge on any atom is -0.497 e. The highest BCUT2D eigenvalue weighted by atomic mass is 19.1. The quantitative estimate of drug-likeness (QED) is 0.925. The van der Waals surface area contributed by atoms with Gasteiger partial charge in [-0.1, -0.05) is 6.07 Å². The molecule has 25 heavy (non-hydrogen) atoms. The average molecular weight is 347 g/mol. The number of nitrogens with zero attached hydrogens (tertiary/aromatic N) is 1. The van der Waals surface area contributed by atoms with Gasteiger partial charge in [0.2, 0.25) is 0 Å². The molecule has 1 N–H and O–H groups in total. The number of aliphatic hydroxyl groups excluding tert-OH is 1. The molecule has 2 aromatic carbocycles. The molecule has 1 unspecified atom stereocenters. The van der Waals surface area contributed by atoms with Crippen molar-refractivity contribution >= 4 is 5.91 Å². The van der Waals surface area contributed by atoms with E-state index in [1.807, 2.05) is 0 Å². The third-order valence-corrected chi connectivity index (χ3v) is 4.52. The fourth-order valence-electron chi connectivity index (χ4n) is 3.05. The summed E-state index contributed by atoms with van der Waals surface area (Å²) in [6, 6.07) is 8.40. The third kappa shape index (κ3) is 3.49. The van der Waals surface area contributed by atoms with Gasteiger partial charge in [0, 0.05) is 37.2 Å². The molecular formula is C19H19F2NO3. The number of carbonyl (C=O) groups is 1. The first-order chi connectivity index (χ1) is 12.0. The van der Waals surface area contributed by atoms with E-state index in [0.29, 0.717) is 30.8 Å². The summed E-state index contributed by atoms with van der Waals surface area (Å²) in [6.07, 6.45) is 0.707. The van der Waals surface area contributed by atoms with Crippen LogP contribution in [0.3, 0.4) is 0 Å². The summed E-state index contributed by atoms with van der Waals surface area (Å²) in [5.41, 5.74) is 0.542. The van der Waals surface area contributed by atoms with Crippen LogP contribution in [0.5, 0.6) is 5.75 Å². The summed E-state index contributed by atoms with van der Waals surface area (Å²) in [5.74, 6) is -1.20. The molecule has 1 saturated heterocycles. The van der Waals surface area contributed by atoms with Gasteiger partial charge in [0.1, 0.15) is 17.4 Å². The SMILES string of the molecule is COc1ccc(-c2ccc(C(=O)N3CCC(CO)C3)c(F)c2)c(F)c1. The van der Waals surface area contributed by atoms with E-state index < -0.39 is 17.5 Å². The molecule has 1 amide bonds. The molecule has 0 bridgehead atoms. The number of carbonyl (C=O) groups excluding carboxylic acids is 1. The summed E-state index contributed by atoms with van der Waals surface area (Å²) in [7, 11) is 1.44. The number of ether oxygens (including phenoxy) is 1. The van der Waals surface area contributed by atoms with E-state index in [0.717, 1.165) is 6.07 Å². The van der Waals surface area contributed by atoms with Crippen molar-refractivity contribution in [3.05, 3.63) is 53.6 Å². The van der Waals surface area contributed by atoms with Crippen LogP contribution < -0.4 is 4.74 Å². The maximum absolute atomic E-state index is 14.5. The fraction of sp³-hybridized carbons (Fsp3) is 0.316. The lowest BCUT2D eigenvalue weighted by atomic mass is 10.0. The highest BCUT2D eigenvalue weighted by Gasteiger charge is 2.28. The summed E-state index contributed by atoms with van der Waals surface area (Å²) >= 11 is 0. The number of likely N-dealkylation sites (tertiary alicyclic amines) is 1. The molecule has 3 rings (SSSR count). The molecular weight excluding hydrogens is 328 g/mol. The average Bonchev–Trinajstić information content (AvgIpc) is 3.10. The van der Waals surface area contributed by atoms with Crippen LogP contribution in [0.2, 0.25) is 0 Å². The molecule has 0 spiro atoms. The molecule has 1 atom stereocenters. The van der Waals surface area contributed by atoms with Crippen LogP contribution in [0.25, 0.3) is 11.1 Å². The number of halogens is 2. The largest absolute Gasteiger partial charge is 0.497 e. The Labute approximate surface area is 144 Å². The summed E-state index contributed by atoms with van der Waals surface area (Å²) in [6.45, 7) is 0.934. The highest BCUT2D eigenvalue weighted by Crippen LogP contribution is 2.28. The van der Waals surface area contributed by atoms with Crippen molar-refractivity contribution < 1.29 is 23.4 Å². The van der Waals surface area contributed by atoms with Gasteiger partial charge in [-0.15, -0.1) is 0 Å². The zero-order chi connectivity index (χ0) is 18.0. The maximum Gasteiger partial charge on any atom is 0.256 e. The zero-order valence-corrected chi connectivity index (χ0v) is 13.8. The molecule has 6 heteroatoms. The molecule has 4 nitrogen and oxygen atoms in total. The van der Waals surface area contributed by atoms with Crippen molar-refractivity contribution in [2.24, 2.45) is 5.92 Å². The minimum absolute atomic E-state index is 0.0158. The Morgan fingerprint density at radius 2 is 2.04 bits per heavy atom. The Morgan fingerprint density at radius 3 is 2.64 bits per heavy atom. The van der Waals surface area contributed by atoms with Crippen LogP contribution in [0.15, 0.2) is 36.4 Å². The lowest BCUT2D eigenvalue weighted by Gasteiger charge is -2.17. The topological polar surface area (TPSA) is 49.8 Å². The van der Waals surface area contributed by atoms with Gasteiger partial charge < -0.3 is 14.7 Å². The monoisotopic (exact) mass is 347 g/mol. The summed E-state index contributed by atoms with van der Waals surface area (Å²) in [4.78, 5) is 14.0. The van der Waals surface area contributed by atoms with Gasteiger partial charge in [0.25, 0.3) is 5.91 Å². The van der Waals surface area contributed by atoms with Crippen molar-refractivity contribution in [1.82, 2.24) is 4.90 Å². The first-order valence-corrected chi connectivity index (χ1v) is 8.07. The van der Waals surface area contributed by atoms with E-state index in [9.17, 15) is 13.6 Å². The first-order valence-electron chi connectivity index (χ1n) is 8.07. The number of hydrogen-bond donors (Lipinski definition) is 1. The molecule has 1 heterocycles. The van der Waals surface area contributed by atoms with Crippen LogP contribution in [-0.2, 0) is 0 Å². The predicted octanol–water partition coefficient (Wildman–Crippen LogP) is 3.09. The number of rotatable bonds is 4. The maximum atomic E-state index is 14.5. The lowest BCUT2D eigenvalue weighted by Crippen LogP contribution is -2.29. The van der Waals surface area contributed by atoms with Gasteiger partial charge >= 0.3 is 0 Å². The number of amides is 1. The third-order valence-electron chi connectivity index (χ3n) is 4.52. The van der Waals surface area contributed by atoms with E-state index in [1.54, 1.807) is 6.07 Å². The smallest absolute Gasteiger partial charge is 0.256 e. The second-order valence-electron chi connectivity index (χ2n) is 6.13. The van der Waals surface area contributed by atoms with Gasteiger partial charge in [-0.25, -0.2) is 8.78 Å². The van der Waals surface area contributed by atoms with Gasteiger partial charge in [0.05, 0.1) is 12.7 Å². The van der Waals surface area contributed by atoms with Crippen LogP contribution in [-0.4, -0.2) is 42.7 Å². The summed E-state index contributed by atoms with van der Waals surface area (Å²) in [5, 5.41) is 9.16. The second-order valence-corrected chi connectivity index (χ2v) is 6.13. The minimum atomic E-state index is -0.690. The van der Waals surface area contributed by atoms with Crippen molar-refractivity contribution in [2.45, 2.75) is 6.42 Å². The Kier molecular flexibility index (Phi) is 4.99. The zero-order valence-electron chi connectivity index (χ0n) is 13.8. The standard InChI is InChI=1S/C19H19F2NO3/c1-25-14-3-5-15(18(21)9-14)13-2-4-16(17(20)8-13)19(24)22-7-6-12(10-22)11-23/h2-5,8-9,12,23H,6-7,10-11H2,1H3. The van der Waals surface area contributed by atoms with Crippen molar-refractivity contribution in [1.29, 1.82) is 0 Å². The van der Waals surface area contributed by atoms with E-state index in [2.05, 4.69) is 0 Å². The molecule has 0 saturated carbocycles. The lowest BCUT2D eigenvalue weighted by molar-refractivity contribution is 0.0777. The molecule has 1 fully saturated rings. The van der Waals surface area contributed by atoms with Gasteiger partial charge in [0.15, 0.2) is 0 Å². The predicted molar refractivity (Wildman–Crippen MR) is 89.4 cm³/mol. The molecule has 1 aliphatic rings. The second kappa shape index (κ2) is 7.19. The Balaban J connectivity index is 1.85. The molecule has 0 radical (unpaired) electrons. The number of methoxy groups -OCH3 is 1. The highest BCUT2D eigenvalue weighted by molar-refractivity contribution is 5.95. The van der Waals surface area contributed by atoms with Crippen LogP contribution in [0.4, 0.5) is 8.78 Å². The van der Waals surface area contributed by atoms with Gasteiger partial charge in [-0.2, -0.15) is 0 Å². The Morgan fingerprint density at radius 1 is 1.24 bits per heavy atom. The van der Waals surface area contributed by atoms with Crippen molar-refractivity contribution in [3.63, 3.8) is 0 Å². The van der Waals surface area contributed by atoms with Gasteiger partial charge in [-0.3, -0.25) is 4.79 Å². The van der Waals surface area contributed by atoms with E-state index in [1.165, 1.54) is 36.3 Å². The molecule has 0 aromatic heterocycles. The van der Waals surface area contributed by atoms with Crippen molar-refractivity contribution in [2.75, 3.05) is 26.8 Å². The van der Waals surface area contributed by atoms with E-state index in [-0.39, 0.29) is 23.7 Å². The fourth-order valence-corrected chi connectivity index (χ4v) is 3.05. The molecule has 0 aliphatic carbocycles. The van der Waals surface area contributed by atoms with Crippen LogP contribution >= 0.6 is 0 Å². The van der Waals surface area contributed by atoms with Crippen LogP contribution in [0.1, 0.15) is 16.8 Å². The normalized spacial score (nSPS) is 17.0. The molecule has 132 valence electrons. The van der Waals surface area contributed by atoms with E-state index in [4.69, 9.17) is 9.84 Å². The van der Waals surface area contributed by atoms with E-state index >= 15 is 0 Å². The summed E-state index contributed by atoms with van der Waals surface area (Å²) < 4.78 is 33.5. The number of hydrogen-bond acceptors (Lipinski definition) is 3. The Bertz CT molecular complexity index is 794. The number of aliphatic hydroxyl groups is 1. The Hall–Kier alpha value is -2.47.